The molecule has 4 heterocycles. The summed E-state index contributed by atoms with van der Waals surface area (Å²) >= 11 is 1.42. The first kappa shape index (κ1) is 29.3. The van der Waals surface area contributed by atoms with Gasteiger partial charge in [0.15, 0.2) is 5.82 Å². The Morgan fingerprint density at radius 3 is 2.58 bits per heavy atom. The van der Waals surface area contributed by atoms with Gasteiger partial charge in [0, 0.05) is 18.0 Å². The van der Waals surface area contributed by atoms with E-state index in [0.29, 0.717) is 10.6 Å². The van der Waals surface area contributed by atoms with E-state index < -0.39 is 29.7 Å². The fourth-order valence-electron chi connectivity index (χ4n) is 4.03. The van der Waals surface area contributed by atoms with Gasteiger partial charge >= 0.3 is 24.2 Å². The molecule has 1 aliphatic rings. The number of amides is 1. The molecule has 0 atom stereocenters. The molecule has 12 nitrogen and oxygen atoms in total. The van der Waals surface area contributed by atoms with Gasteiger partial charge in [-0.2, -0.15) is 23.1 Å². The van der Waals surface area contributed by atoms with Crippen LogP contribution >= 0.6 is 11.3 Å². The Morgan fingerprint density at radius 2 is 1.90 bits per heavy atom. The predicted molar refractivity (Wildman–Crippen MR) is 138 cm³/mol. The zero-order valence-electron chi connectivity index (χ0n) is 22.7. The molecule has 0 fully saturated rings. The summed E-state index contributed by atoms with van der Waals surface area (Å²) in [5, 5.41) is 7.82. The van der Waals surface area contributed by atoms with Gasteiger partial charge in [0.2, 0.25) is 5.82 Å². The molecule has 16 heteroatoms. The number of esters is 1. The third-order valence-corrected chi connectivity index (χ3v) is 6.60. The van der Waals surface area contributed by atoms with Crippen LogP contribution < -0.4 is 9.64 Å². The van der Waals surface area contributed by atoms with Crippen LogP contribution in [0.4, 0.5) is 23.8 Å². The monoisotopic (exact) mass is 585 g/mol. The molecule has 1 aliphatic heterocycles. The smallest absolute Gasteiger partial charge is 0.451 e. The number of carbonyl (C=O) groups excluding carboxylic acids is 2. The van der Waals surface area contributed by atoms with E-state index in [2.05, 4.69) is 20.2 Å². The highest BCUT2D eigenvalue weighted by Gasteiger charge is 2.39. The van der Waals surface area contributed by atoms with Crippen molar-refractivity contribution in [3.05, 3.63) is 22.6 Å². The second-order valence-corrected chi connectivity index (χ2v) is 11.2. The largest absolute Gasteiger partial charge is 0.465 e. The standard InChI is InChI=1S/C24H30F3N7O5S/c1-6-37-17(35)13-33(22(36)39-23(3,4)5)9-10-38-21-28-18(15-11-14(2)40-19(15)29-21)32-7-8-34-16(12-32)30-31-20(34)24(25,26)27/h11H,6-10,12-13H2,1-5H3. The highest BCUT2D eigenvalue weighted by Crippen LogP contribution is 2.35. The first-order valence-electron chi connectivity index (χ1n) is 12.5. The summed E-state index contributed by atoms with van der Waals surface area (Å²) in [6, 6.07) is 1.93. The van der Waals surface area contributed by atoms with Crippen molar-refractivity contribution in [3.63, 3.8) is 0 Å². The van der Waals surface area contributed by atoms with E-state index in [4.69, 9.17) is 14.2 Å². The molecule has 0 saturated heterocycles. The molecule has 0 N–H and O–H groups in total. The molecule has 3 aromatic rings. The van der Waals surface area contributed by atoms with Crippen molar-refractivity contribution in [2.24, 2.45) is 0 Å². The van der Waals surface area contributed by atoms with E-state index in [0.717, 1.165) is 14.8 Å². The van der Waals surface area contributed by atoms with Gasteiger partial charge in [0.25, 0.3) is 0 Å². The Balaban J connectivity index is 1.52. The number of anilines is 1. The van der Waals surface area contributed by atoms with Gasteiger partial charge in [-0.25, -0.2) is 4.79 Å². The van der Waals surface area contributed by atoms with Crippen molar-refractivity contribution in [1.29, 1.82) is 0 Å². The second kappa shape index (κ2) is 11.4. The first-order valence-corrected chi connectivity index (χ1v) is 13.4. The number of hydrogen-bond donors (Lipinski definition) is 0. The average Bonchev–Trinajstić information content (AvgIpc) is 3.44. The predicted octanol–water partition coefficient (Wildman–Crippen LogP) is 3.81. The molecule has 3 aromatic heterocycles. The van der Waals surface area contributed by atoms with Crippen molar-refractivity contribution in [2.45, 2.75) is 59.5 Å². The maximum absolute atomic E-state index is 13.3. The zero-order valence-corrected chi connectivity index (χ0v) is 23.6. The minimum Gasteiger partial charge on any atom is -0.465 e. The Morgan fingerprint density at radius 1 is 1.15 bits per heavy atom. The minimum absolute atomic E-state index is 0.0129. The maximum atomic E-state index is 13.3. The SMILES string of the molecule is CCOC(=O)CN(CCOc1nc(N2CCn3c(nnc3C(F)(F)F)C2)c2cc(C)sc2n1)C(=O)OC(C)(C)C. The van der Waals surface area contributed by atoms with Crippen LogP contribution in [0.15, 0.2) is 6.07 Å². The van der Waals surface area contributed by atoms with Gasteiger partial charge in [0.05, 0.1) is 25.1 Å². The number of thiophene rings is 1. The van der Waals surface area contributed by atoms with Crippen LogP contribution in [0.5, 0.6) is 6.01 Å². The van der Waals surface area contributed by atoms with Crippen molar-refractivity contribution >= 4 is 39.4 Å². The Bertz CT molecular complexity index is 1390. The van der Waals surface area contributed by atoms with E-state index in [1.165, 1.54) is 16.2 Å². The number of nitrogens with zero attached hydrogens (tertiary/aromatic N) is 7. The third kappa shape index (κ3) is 6.89. The molecule has 218 valence electrons. The number of alkyl halides is 3. The van der Waals surface area contributed by atoms with Crippen molar-refractivity contribution in [2.75, 3.05) is 37.7 Å². The van der Waals surface area contributed by atoms with Crippen LogP contribution in [-0.2, 0) is 33.5 Å². The molecular weight excluding hydrogens is 555 g/mol. The average molecular weight is 586 g/mol. The Labute approximate surface area is 232 Å². The molecule has 0 saturated carbocycles. The van der Waals surface area contributed by atoms with Crippen LogP contribution in [-0.4, -0.2) is 80.1 Å². The number of rotatable bonds is 8. The number of ether oxygens (including phenoxy) is 3. The van der Waals surface area contributed by atoms with Crippen LogP contribution in [0, 0.1) is 6.92 Å². The number of aromatic nitrogens is 5. The zero-order chi connectivity index (χ0) is 29.2. The van der Waals surface area contributed by atoms with Crippen molar-refractivity contribution in [3.8, 4) is 6.01 Å². The maximum Gasteiger partial charge on any atom is 0.451 e. The van der Waals surface area contributed by atoms with Crippen LogP contribution in [0.3, 0.4) is 0 Å². The van der Waals surface area contributed by atoms with Crippen LogP contribution in [0.2, 0.25) is 0 Å². The lowest BCUT2D eigenvalue weighted by Crippen LogP contribution is -2.42. The molecule has 0 aromatic carbocycles. The van der Waals surface area contributed by atoms with Gasteiger partial charge in [-0.05, 0) is 40.7 Å². The molecule has 1 amide bonds. The second-order valence-electron chi connectivity index (χ2n) is 9.97. The van der Waals surface area contributed by atoms with Gasteiger partial charge in [0.1, 0.15) is 29.4 Å². The molecule has 0 aliphatic carbocycles. The molecule has 0 radical (unpaired) electrons. The molecule has 4 rings (SSSR count). The normalized spacial score (nSPS) is 13.8. The van der Waals surface area contributed by atoms with Crippen molar-refractivity contribution < 1.29 is 37.0 Å². The molecule has 0 unspecified atom stereocenters. The van der Waals surface area contributed by atoms with E-state index in [-0.39, 0.29) is 57.8 Å². The summed E-state index contributed by atoms with van der Waals surface area (Å²) < 4.78 is 57.1. The first-order chi connectivity index (χ1) is 18.7. The third-order valence-electron chi connectivity index (χ3n) is 5.65. The van der Waals surface area contributed by atoms with E-state index in [1.54, 1.807) is 32.6 Å². The van der Waals surface area contributed by atoms with E-state index in [9.17, 15) is 22.8 Å². The summed E-state index contributed by atoms with van der Waals surface area (Å²) in [5.74, 6) is -0.953. The number of fused-ring (bicyclic) bond motifs is 2. The Hall–Kier alpha value is -3.69. The number of aryl methyl sites for hydroxylation is 1. The van der Waals surface area contributed by atoms with E-state index in [1.807, 2.05) is 13.0 Å². The van der Waals surface area contributed by atoms with Crippen LogP contribution in [0.1, 0.15) is 44.2 Å². The number of hydrogen-bond acceptors (Lipinski definition) is 11. The fourth-order valence-corrected chi connectivity index (χ4v) is 4.90. The lowest BCUT2D eigenvalue weighted by molar-refractivity contribution is -0.147. The lowest BCUT2D eigenvalue weighted by Gasteiger charge is -2.29. The molecule has 0 bridgehead atoms. The summed E-state index contributed by atoms with van der Waals surface area (Å²) in [5.41, 5.74) is -0.773. The minimum atomic E-state index is -4.60. The topological polar surface area (TPSA) is 125 Å². The fraction of sp³-hybridized carbons (Fsp3) is 0.583. The van der Waals surface area contributed by atoms with Gasteiger partial charge in [-0.15, -0.1) is 21.5 Å². The summed E-state index contributed by atoms with van der Waals surface area (Å²) in [6.07, 6.45) is -5.30. The van der Waals surface area contributed by atoms with Crippen LogP contribution in [0.25, 0.3) is 10.2 Å². The van der Waals surface area contributed by atoms with E-state index >= 15 is 0 Å². The summed E-state index contributed by atoms with van der Waals surface area (Å²) in [6.45, 7) is 8.81. The molecule has 40 heavy (non-hydrogen) atoms. The number of halogens is 3. The number of carbonyl (C=O) groups is 2. The highest BCUT2D eigenvalue weighted by molar-refractivity contribution is 7.18. The summed E-state index contributed by atoms with van der Waals surface area (Å²) in [4.78, 5) is 38.3. The quantitative estimate of drug-likeness (QED) is 0.361. The van der Waals surface area contributed by atoms with Gasteiger partial charge < -0.3 is 23.7 Å². The lowest BCUT2D eigenvalue weighted by atomic mass is 10.2. The van der Waals surface area contributed by atoms with Gasteiger partial charge in [-0.1, -0.05) is 0 Å². The summed E-state index contributed by atoms with van der Waals surface area (Å²) in [7, 11) is 0. The van der Waals surface area contributed by atoms with Gasteiger partial charge in [-0.3, -0.25) is 9.69 Å². The Kier molecular flexibility index (Phi) is 8.37. The van der Waals surface area contributed by atoms with Crippen molar-refractivity contribution in [1.82, 2.24) is 29.6 Å². The molecular formula is C24H30F3N7O5S. The highest BCUT2D eigenvalue weighted by atomic mass is 32.1. The molecule has 0 spiro atoms.